The Bertz CT molecular complexity index is 3400. The molecule has 0 radical (unpaired) electrons. The van der Waals surface area contributed by atoms with E-state index in [1.54, 1.807) is 0 Å². The fourth-order valence-corrected chi connectivity index (χ4v) is 10.2. The van der Waals surface area contributed by atoms with E-state index in [0.29, 0.717) is 0 Å². The number of hydrogen-bond acceptors (Lipinski definition) is 2. The van der Waals surface area contributed by atoms with Crippen LogP contribution in [0.5, 0.6) is 0 Å². The van der Waals surface area contributed by atoms with Crippen molar-refractivity contribution in [2.75, 3.05) is 4.90 Å². The highest BCUT2D eigenvalue weighted by Gasteiger charge is 2.46. The Labute approximate surface area is 367 Å². The number of hydrogen-bond donors (Lipinski definition) is 0. The Morgan fingerprint density at radius 3 is 1.56 bits per heavy atom. The summed E-state index contributed by atoms with van der Waals surface area (Å²) in [6.45, 7) is 0. The Morgan fingerprint density at radius 2 is 0.825 bits per heavy atom. The van der Waals surface area contributed by atoms with Crippen LogP contribution in [0.2, 0.25) is 0 Å². The van der Waals surface area contributed by atoms with Crippen LogP contribution in [0.4, 0.5) is 17.1 Å². The van der Waals surface area contributed by atoms with Crippen LogP contribution in [0.1, 0.15) is 22.3 Å². The van der Waals surface area contributed by atoms with Crippen molar-refractivity contribution in [3.63, 3.8) is 0 Å². The van der Waals surface area contributed by atoms with Gasteiger partial charge in [-0.25, -0.2) is 0 Å². The van der Waals surface area contributed by atoms with Gasteiger partial charge in [-0.15, -0.1) is 0 Å². The van der Waals surface area contributed by atoms with E-state index in [-0.39, 0.29) is 0 Å². The maximum Gasteiger partial charge on any atom is 0.136 e. The van der Waals surface area contributed by atoms with Crippen molar-refractivity contribution in [3.05, 3.63) is 271 Å². The second-order valence-corrected chi connectivity index (χ2v) is 16.4. The van der Waals surface area contributed by atoms with Crippen molar-refractivity contribution in [1.29, 1.82) is 0 Å². The molecule has 0 saturated heterocycles. The first kappa shape index (κ1) is 36.6. The van der Waals surface area contributed by atoms with Gasteiger partial charge in [-0.05, 0) is 121 Å². The summed E-state index contributed by atoms with van der Waals surface area (Å²) in [6, 6.07) is 89.9. The highest BCUT2D eigenvalue weighted by Crippen LogP contribution is 2.56. The summed E-state index contributed by atoms with van der Waals surface area (Å²) in [5.74, 6) is 0. The summed E-state index contributed by atoms with van der Waals surface area (Å²) in [4.78, 5) is 2.33. The van der Waals surface area contributed by atoms with E-state index in [2.05, 4.69) is 254 Å². The van der Waals surface area contributed by atoms with Gasteiger partial charge in [0.15, 0.2) is 0 Å². The number of fused-ring (bicyclic) bond motifs is 6. The molecule has 12 rings (SSSR count). The Morgan fingerprint density at radius 1 is 0.302 bits per heavy atom. The molecule has 0 saturated carbocycles. The molecule has 10 aromatic carbocycles. The van der Waals surface area contributed by atoms with Crippen molar-refractivity contribution < 1.29 is 4.42 Å². The van der Waals surface area contributed by atoms with Crippen LogP contribution in [-0.4, -0.2) is 0 Å². The number of para-hydroxylation sites is 1. The molecule has 0 atom stereocenters. The van der Waals surface area contributed by atoms with Crippen LogP contribution in [-0.2, 0) is 5.41 Å². The first-order chi connectivity index (χ1) is 31.2. The molecule has 1 aliphatic rings. The van der Waals surface area contributed by atoms with E-state index in [1.807, 2.05) is 0 Å². The van der Waals surface area contributed by atoms with Crippen LogP contribution in [0.3, 0.4) is 0 Å². The lowest BCUT2D eigenvalue weighted by molar-refractivity contribution is 0.665. The van der Waals surface area contributed by atoms with Gasteiger partial charge in [0.25, 0.3) is 0 Å². The van der Waals surface area contributed by atoms with Gasteiger partial charge in [0.1, 0.15) is 11.2 Å². The fourth-order valence-electron chi connectivity index (χ4n) is 10.2. The summed E-state index contributed by atoms with van der Waals surface area (Å²) in [5, 5.41) is 2.23. The number of rotatable bonds is 8. The zero-order valence-electron chi connectivity index (χ0n) is 34.5. The first-order valence-electron chi connectivity index (χ1n) is 21.7. The lowest BCUT2D eigenvalue weighted by Gasteiger charge is -2.33. The summed E-state index contributed by atoms with van der Waals surface area (Å²) < 4.78 is 6.84. The minimum Gasteiger partial charge on any atom is -0.456 e. The Kier molecular flexibility index (Phi) is 8.76. The Hall–Kier alpha value is -8.20. The summed E-state index contributed by atoms with van der Waals surface area (Å²) in [6.07, 6.45) is 0. The van der Waals surface area contributed by atoms with E-state index in [9.17, 15) is 0 Å². The molecule has 11 aromatic rings. The average Bonchev–Trinajstić information content (AvgIpc) is 3.89. The SMILES string of the molecule is c1ccc(-c2ccc(N(c3ccccc3)c3cccc(-c4cccc(-c5cccc6oc7cc(C8(c9ccccc9)c9ccccc9-c9ccccc98)ccc7c56)c4)c3)cc2)cc1. The third-order valence-corrected chi connectivity index (χ3v) is 12.9. The van der Waals surface area contributed by atoms with Gasteiger partial charge < -0.3 is 9.32 Å². The van der Waals surface area contributed by atoms with Crippen LogP contribution in [0.25, 0.3) is 66.4 Å². The van der Waals surface area contributed by atoms with Crippen molar-refractivity contribution in [2.24, 2.45) is 0 Å². The van der Waals surface area contributed by atoms with Crippen LogP contribution in [0.15, 0.2) is 253 Å². The van der Waals surface area contributed by atoms with Crippen molar-refractivity contribution >= 4 is 39.0 Å². The van der Waals surface area contributed by atoms with Crippen LogP contribution < -0.4 is 4.90 Å². The smallest absolute Gasteiger partial charge is 0.136 e. The highest BCUT2D eigenvalue weighted by molar-refractivity contribution is 6.13. The quantitative estimate of drug-likeness (QED) is 0.152. The van der Waals surface area contributed by atoms with Crippen molar-refractivity contribution in [1.82, 2.24) is 0 Å². The molecule has 1 aromatic heterocycles. The zero-order valence-corrected chi connectivity index (χ0v) is 34.5. The molecule has 0 bridgehead atoms. The van der Waals surface area contributed by atoms with Crippen LogP contribution in [0, 0.1) is 0 Å². The molecule has 2 nitrogen and oxygen atoms in total. The molecular formula is C61H41NO. The third-order valence-electron chi connectivity index (χ3n) is 12.9. The van der Waals surface area contributed by atoms with Gasteiger partial charge in [0.05, 0.1) is 5.41 Å². The summed E-state index contributed by atoms with van der Waals surface area (Å²) >= 11 is 0. The number of benzene rings is 10. The van der Waals surface area contributed by atoms with E-state index >= 15 is 0 Å². The van der Waals surface area contributed by atoms with Gasteiger partial charge in [0.2, 0.25) is 0 Å². The second-order valence-electron chi connectivity index (χ2n) is 16.4. The molecule has 0 spiro atoms. The summed E-state index contributed by atoms with van der Waals surface area (Å²) in [5.41, 5.74) is 19.1. The first-order valence-corrected chi connectivity index (χ1v) is 21.7. The average molecular weight is 804 g/mol. The van der Waals surface area contributed by atoms with E-state index in [0.717, 1.165) is 61.3 Å². The molecule has 1 heterocycles. The van der Waals surface area contributed by atoms with E-state index in [4.69, 9.17) is 4.42 Å². The third kappa shape index (κ3) is 6.02. The number of nitrogens with zero attached hydrogens (tertiary/aromatic N) is 1. The summed E-state index contributed by atoms with van der Waals surface area (Å²) in [7, 11) is 0. The zero-order chi connectivity index (χ0) is 41.7. The van der Waals surface area contributed by atoms with E-state index in [1.165, 1.54) is 44.5 Å². The minimum absolute atomic E-state index is 0.491. The van der Waals surface area contributed by atoms with Gasteiger partial charge in [-0.3, -0.25) is 0 Å². The fraction of sp³-hybridized carbons (Fsp3) is 0.0164. The molecule has 0 unspecified atom stereocenters. The molecule has 296 valence electrons. The highest BCUT2D eigenvalue weighted by atomic mass is 16.3. The monoisotopic (exact) mass is 803 g/mol. The van der Waals surface area contributed by atoms with Gasteiger partial charge in [-0.1, -0.05) is 194 Å². The van der Waals surface area contributed by atoms with E-state index < -0.39 is 5.41 Å². The topological polar surface area (TPSA) is 16.4 Å². The molecule has 0 N–H and O–H groups in total. The second kappa shape index (κ2) is 15.1. The largest absolute Gasteiger partial charge is 0.456 e. The molecule has 1 aliphatic carbocycles. The lowest BCUT2D eigenvalue weighted by Crippen LogP contribution is -2.28. The number of anilines is 3. The lowest BCUT2D eigenvalue weighted by atomic mass is 9.67. The van der Waals surface area contributed by atoms with Gasteiger partial charge >= 0.3 is 0 Å². The Balaban J connectivity index is 0.948. The van der Waals surface area contributed by atoms with Gasteiger partial charge in [0, 0.05) is 27.8 Å². The minimum atomic E-state index is -0.491. The van der Waals surface area contributed by atoms with Crippen molar-refractivity contribution in [3.8, 4) is 44.5 Å². The normalized spacial score (nSPS) is 12.6. The van der Waals surface area contributed by atoms with Crippen molar-refractivity contribution in [2.45, 2.75) is 5.41 Å². The maximum absolute atomic E-state index is 6.84. The number of furan rings is 1. The standard InChI is InChI=1S/C61H41NO/c1-4-17-42(18-5-1)43-33-36-50(37-34-43)62(49-24-8-3-9-25-49)51-26-15-20-45(40-51)44-19-14-21-46(39-44)52-29-16-32-58-60(52)55-38-35-48(41-59(55)63-58)61(47-22-6-2-7-23-47)56-30-12-10-27-53(56)54-28-11-13-31-57(54)61/h1-41H. The predicted octanol–water partition coefficient (Wildman–Crippen LogP) is 16.4. The molecule has 0 fully saturated rings. The molecular weight excluding hydrogens is 763 g/mol. The molecule has 63 heavy (non-hydrogen) atoms. The molecule has 0 aliphatic heterocycles. The van der Waals surface area contributed by atoms with Gasteiger partial charge in [-0.2, -0.15) is 0 Å². The maximum atomic E-state index is 6.84. The molecule has 0 amide bonds. The molecule has 2 heteroatoms. The predicted molar refractivity (Wildman–Crippen MR) is 262 cm³/mol. The van der Waals surface area contributed by atoms with Crippen LogP contribution >= 0.6 is 0 Å².